The predicted molar refractivity (Wildman–Crippen MR) is 186 cm³/mol. The number of pyridine rings is 1. The number of fused-ring (bicyclic) bond motifs is 3. The number of halogens is 4. The van der Waals surface area contributed by atoms with Crippen LogP contribution in [0.5, 0.6) is 11.8 Å². The van der Waals surface area contributed by atoms with Crippen LogP contribution in [-0.4, -0.2) is 93.8 Å². The zero-order chi connectivity index (χ0) is 35.4. The summed E-state index contributed by atoms with van der Waals surface area (Å²) in [6.45, 7) is 5.05. The Labute approximate surface area is 297 Å². The Kier molecular flexibility index (Phi) is 8.63. The van der Waals surface area contributed by atoms with Crippen molar-refractivity contribution in [2.45, 2.75) is 62.4 Å². The number of carbonyl (C=O) groups excluding carboxylic acids is 1. The fourth-order valence-corrected chi connectivity index (χ4v) is 8.17. The van der Waals surface area contributed by atoms with Crippen LogP contribution >= 0.6 is 11.6 Å². The first-order valence-corrected chi connectivity index (χ1v) is 17.6. The Balaban J connectivity index is 1.28. The van der Waals surface area contributed by atoms with Gasteiger partial charge < -0.3 is 19.3 Å². The molecule has 0 radical (unpaired) electrons. The van der Waals surface area contributed by atoms with Crippen molar-refractivity contribution >= 4 is 45.0 Å². The summed E-state index contributed by atoms with van der Waals surface area (Å²) in [5.41, 5.74) is 0.917. The summed E-state index contributed by atoms with van der Waals surface area (Å²) in [5, 5.41) is 11.3. The van der Waals surface area contributed by atoms with Gasteiger partial charge in [-0.25, -0.2) is 13.2 Å². The van der Waals surface area contributed by atoms with E-state index in [0.717, 1.165) is 37.6 Å². The van der Waals surface area contributed by atoms with Crippen molar-refractivity contribution in [1.29, 1.82) is 5.26 Å². The Morgan fingerprint density at radius 3 is 2.78 bits per heavy atom. The average molecular weight is 718 g/mol. The first-order chi connectivity index (χ1) is 24.7. The number of ether oxygens (including phenoxy) is 2. The lowest BCUT2D eigenvalue weighted by Gasteiger charge is -2.41. The molecule has 0 unspecified atom stereocenters. The van der Waals surface area contributed by atoms with E-state index in [0.29, 0.717) is 52.1 Å². The molecule has 0 N–H and O–H groups in total. The molecule has 5 heterocycles. The zero-order valence-electron chi connectivity index (χ0n) is 27.8. The molecule has 1 amide bonds. The lowest BCUT2D eigenvalue weighted by molar-refractivity contribution is -0.131. The topological polar surface area (TPSA) is 108 Å². The number of nitriles is 1. The maximum atomic E-state index is 14.8. The molecule has 51 heavy (non-hydrogen) atoms. The Hall–Kier alpha value is -4.67. The number of hydrogen-bond donors (Lipinski definition) is 0. The van der Waals surface area contributed by atoms with Crippen LogP contribution < -0.4 is 14.4 Å². The van der Waals surface area contributed by atoms with E-state index in [2.05, 4.69) is 17.5 Å². The Bertz CT molecular complexity index is 2110. The third-order valence-corrected chi connectivity index (χ3v) is 10.9. The van der Waals surface area contributed by atoms with E-state index in [-0.39, 0.29) is 49.8 Å². The molecular formula is C37H35ClF3N7O3. The van der Waals surface area contributed by atoms with Crippen LogP contribution in [0.4, 0.5) is 19.0 Å². The summed E-state index contributed by atoms with van der Waals surface area (Å²) in [6, 6.07) is 9.99. The molecule has 0 spiro atoms. The van der Waals surface area contributed by atoms with Gasteiger partial charge in [-0.1, -0.05) is 42.4 Å². The molecule has 4 aromatic rings. The Morgan fingerprint density at radius 1 is 1.16 bits per heavy atom. The maximum Gasteiger partial charge on any atom is 0.319 e. The molecular weight excluding hydrogens is 683 g/mol. The fraction of sp³-hybridized carbons (Fsp3) is 0.432. The van der Waals surface area contributed by atoms with Gasteiger partial charge in [0.1, 0.15) is 35.6 Å². The van der Waals surface area contributed by atoms with E-state index >= 15 is 0 Å². The molecule has 264 valence electrons. The summed E-state index contributed by atoms with van der Waals surface area (Å²) in [5.74, 6) is -1.72. The lowest BCUT2D eigenvalue weighted by atomic mass is 9.95. The molecule has 0 bridgehead atoms. The van der Waals surface area contributed by atoms with Crippen LogP contribution in [-0.2, 0) is 4.79 Å². The highest BCUT2D eigenvalue weighted by molar-refractivity contribution is 6.37. The summed E-state index contributed by atoms with van der Waals surface area (Å²) in [6.07, 6.45) is 4.31. The smallest absolute Gasteiger partial charge is 0.319 e. The number of alkyl halides is 1. The zero-order valence-corrected chi connectivity index (χ0v) is 28.5. The van der Waals surface area contributed by atoms with Crippen molar-refractivity contribution < 1.29 is 27.4 Å². The SMILES string of the molecule is C=C(F)C(=O)N1CCN(c2nc(OC[C@@]34CCCN3C[C@H](F)C4)nc3c(OC4CC4)c(-c4cccc5ccc(F)c(Cl)c45)ncc23)C[C@@H]1CC#N. The van der Waals surface area contributed by atoms with Gasteiger partial charge in [0.05, 0.1) is 40.6 Å². The van der Waals surface area contributed by atoms with Gasteiger partial charge in [-0.15, -0.1) is 0 Å². The first kappa shape index (κ1) is 33.5. The highest BCUT2D eigenvalue weighted by Gasteiger charge is 2.49. The minimum Gasteiger partial charge on any atom is -0.486 e. The summed E-state index contributed by atoms with van der Waals surface area (Å²) >= 11 is 6.57. The van der Waals surface area contributed by atoms with Crippen LogP contribution in [0.2, 0.25) is 5.02 Å². The molecule has 1 saturated carbocycles. The monoisotopic (exact) mass is 717 g/mol. The van der Waals surface area contributed by atoms with Crippen molar-refractivity contribution in [3.8, 4) is 29.1 Å². The number of benzene rings is 2. The van der Waals surface area contributed by atoms with Gasteiger partial charge in [-0.05, 0) is 43.7 Å². The van der Waals surface area contributed by atoms with Crippen molar-refractivity contribution in [2.24, 2.45) is 0 Å². The van der Waals surface area contributed by atoms with E-state index in [1.54, 1.807) is 12.3 Å². The average Bonchev–Trinajstić information content (AvgIpc) is 3.78. The lowest BCUT2D eigenvalue weighted by Crippen LogP contribution is -2.55. The normalized spacial score (nSPS) is 23.4. The third kappa shape index (κ3) is 6.08. The highest BCUT2D eigenvalue weighted by Crippen LogP contribution is 2.45. The summed E-state index contributed by atoms with van der Waals surface area (Å²) < 4.78 is 56.4. The number of piperazine rings is 1. The quantitative estimate of drug-likeness (QED) is 0.178. The number of hydrogen-bond acceptors (Lipinski definition) is 9. The van der Waals surface area contributed by atoms with E-state index in [4.69, 9.17) is 36.0 Å². The van der Waals surface area contributed by atoms with Gasteiger partial charge in [0, 0.05) is 49.7 Å². The minimum atomic E-state index is -1.09. The van der Waals surface area contributed by atoms with Gasteiger partial charge in [-0.3, -0.25) is 14.7 Å². The maximum absolute atomic E-state index is 14.8. The van der Waals surface area contributed by atoms with Crippen LogP contribution in [0.1, 0.15) is 38.5 Å². The fourth-order valence-electron chi connectivity index (χ4n) is 7.90. The van der Waals surface area contributed by atoms with Crippen LogP contribution in [0.15, 0.2) is 48.9 Å². The standard InChI is InChI=1S/C37H35ClF3N7O3/c1-21(39)35(49)48-15-14-46(19-24(48)10-12-42)34-27-17-43-31(26-5-2-4-22-6-9-28(41)30(38)29(22)26)33(51-25-7-8-25)32(27)44-36(45-34)50-20-37-11-3-13-47(37)18-23(40)16-37/h2,4-6,9,17,23-25H,1,3,7-8,10-11,13-16,18-20H2/t23-,24+,37+/m1/s1. The number of nitrogens with zero attached hydrogens (tertiary/aromatic N) is 7. The largest absolute Gasteiger partial charge is 0.486 e. The number of anilines is 1. The van der Waals surface area contributed by atoms with Crippen LogP contribution in [0, 0.1) is 17.1 Å². The van der Waals surface area contributed by atoms with Crippen molar-refractivity contribution in [2.75, 3.05) is 44.2 Å². The predicted octanol–water partition coefficient (Wildman–Crippen LogP) is 6.55. The molecule has 3 aliphatic heterocycles. The number of rotatable bonds is 9. The second kappa shape index (κ2) is 13.1. The van der Waals surface area contributed by atoms with Crippen molar-refractivity contribution in [3.63, 3.8) is 0 Å². The molecule has 4 aliphatic rings. The molecule has 2 aromatic carbocycles. The summed E-state index contributed by atoms with van der Waals surface area (Å²) in [7, 11) is 0. The molecule has 8 rings (SSSR count). The summed E-state index contributed by atoms with van der Waals surface area (Å²) in [4.78, 5) is 32.7. The Morgan fingerprint density at radius 2 is 2.00 bits per heavy atom. The highest BCUT2D eigenvalue weighted by atomic mass is 35.5. The van der Waals surface area contributed by atoms with E-state index < -0.39 is 35.3 Å². The number of carbonyl (C=O) groups is 1. The van der Waals surface area contributed by atoms with Crippen molar-refractivity contribution in [3.05, 3.63) is 59.8 Å². The van der Waals surface area contributed by atoms with E-state index in [1.807, 2.05) is 23.1 Å². The first-order valence-electron chi connectivity index (χ1n) is 17.2. The van der Waals surface area contributed by atoms with E-state index in [1.165, 1.54) is 11.0 Å². The van der Waals surface area contributed by atoms with Gasteiger partial charge in [0.15, 0.2) is 11.6 Å². The van der Waals surface area contributed by atoms with E-state index in [9.17, 15) is 23.2 Å². The number of aromatic nitrogens is 3. The van der Waals surface area contributed by atoms with Crippen LogP contribution in [0.3, 0.4) is 0 Å². The second-order valence-electron chi connectivity index (χ2n) is 13.8. The minimum absolute atomic E-state index is 0.0372. The molecule has 4 fully saturated rings. The molecule has 3 atom stereocenters. The second-order valence-corrected chi connectivity index (χ2v) is 14.2. The van der Waals surface area contributed by atoms with Gasteiger partial charge in [0.2, 0.25) is 0 Å². The molecule has 1 aliphatic carbocycles. The molecule has 3 saturated heterocycles. The van der Waals surface area contributed by atoms with Crippen molar-refractivity contribution in [1.82, 2.24) is 24.8 Å². The molecule has 10 nitrogen and oxygen atoms in total. The molecule has 14 heteroatoms. The number of amides is 1. The van der Waals surface area contributed by atoms with Gasteiger partial charge in [0.25, 0.3) is 5.91 Å². The van der Waals surface area contributed by atoms with Gasteiger partial charge in [-0.2, -0.15) is 15.2 Å². The molecule has 2 aromatic heterocycles. The van der Waals surface area contributed by atoms with Crippen LogP contribution in [0.25, 0.3) is 32.9 Å². The third-order valence-electron chi connectivity index (χ3n) is 10.5. The van der Waals surface area contributed by atoms with Gasteiger partial charge >= 0.3 is 6.01 Å².